The van der Waals surface area contributed by atoms with Gasteiger partial charge in [0.2, 0.25) is 5.91 Å². The number of nitrogens with zero attached hydrogens (tertiary/aromatic N) is 4. The van der Waals surface area contributed by atoms with Gasteiger partial charge in [0, 0.05) is 71.6 Å². The summed E-state index contributed by atoms with van der Waals surface area (Å²) in [6, 6.07) is 9.07. The monoisotopic (exact) mass is 768 g/mol. The summed E-state index contributed by atoms with van der Waals surface area (Å²) in [6.07, 6.45) is 6.38. The average Bonchev–Trinajstić information content (AvgIpc) is 3.77. The highest BCUT2D eigenvalue weighted by atomic mass is 32.1. The predicted octanol–water partition coefficient (Wildman–Crippen LogP) is 7.27. The molecule has 1 aliphatic carbocycles. The number of carbonyl (C=O) groups is 3. The zero-order valence-corrected chi connectivity index (χ0v) is 34.1. The molecular formula is C43H56N6O5S. The molecule has 1 saturated carbocycles. The molecular weight excluding hydrogens is 713 g/mol. The van der Waals surface area contributed by atoms with E-state index in [1.165, 1.54) is 16.3 Å². The highest BCUT2D eigenvalue weighted by Crippen LogP contribution is 2.42. The minimum atomic E-state index is -0.836. The fourth-order valence-corrected chi connectivity index (χ4v) is 9.86. The van der Waals surface area contributed by atoms with E-state index in [4.69, 9.17) is 19.4 Å². The second-order valence-corrected chi connectivity index (χ2v) is 17.8. The molecule has 0 spiro atoms. The third kappa shape index (κ3) is 8.23. The van der Waals surface area contributed by atoms with Gasteiger partial charge in [-0.2, -0.15) is 0 Å². The Morgan fingerprint density at radius 2 is 1.95 bits per heavy atom. The number of hydrazine groups is 1. The molecule has 2 amide bonds. The number of esters is 1. The third-order valence-corrected chi connectivity index (χ3v) is 12.6. The van der Waals surface area contributed by atoms with Gasteiger partial charge in [-0.25, -0.2) is 10.4 Å². The summed E-state index contributed by atoms with van der Waals surface area (Å²) in [7, 11) is 1.70. The van der Waals surface area contributed by atoms with Crippen LogP contribution in [-0.2, 0) is 43.2 Å². The SMILES string of the molecule is CCn1c(-c2cccnc2[C@H](C)OC)c2c3cc(ccc31)-c1csc(n1)C[C@H](NC(=O)C1C[C@@H](C)C[C@@H](C)C1)C(=O)N1CCC[C@H](N1)C(=O)OCC(C)(C)C2. The number of ether oxygens (including phenoxy) is 2. The molecule has 2 aliphatic heterocycles. The Bertz CT molecular complexity index is 2050. The van der Waals surface area contributed by atoms with Gasteiger partial charge in [-0.15, -0.1) is 11.3 Å². The lowest BCUT2D eigenvalue weighted by Gasteiger charge is -2.36. The van der Waals surface area contributed by atoms with Crippen molar-refractivity contribution in [1.82, 2.24) is 30.3 Å². The van der Waals surface area contributed by atoms with Crippen LogP contribution < -0.4 is 10.7 Å². The number of thiazole rings is 1. The first-order valence-corrected chi connectivity index (χ1v) is 20.9. The van der Waals surface area contributed by atoms with Gasteiger partial charge >= 0.3 is 5.97 Å². The summed E-state index contributed by atoms with van der Waals surface area (Å²) < 4.78 is 14.2. The zero-order chi connectivity index (χ0) is 39.0. The van der Waals surface area contributed by atoms with Gasteiger partial charge in [-0.3, -0.25) is 24.4 Å². The maximum atomic E-state index is 14.3. The van der Waals surface area contributed by atoms with Gasteiger partial charge < -0.3 is 19.4 Å². The van der Waals surface area contributed by atoms with Crippen LogP contribution in [0.5, 0.6) is 0 Å². The number of fused-ring (bicyclic) bond motifs is 6. The zero-order valence-electron chi connectivity index (χ0n) is 33.3. The molecule has 12 heteroatoms. The standard InChI is InChI=1S/C43H56N6O5S/c1-8-48-36-14-13-28-20-31(36)32(39(48)30-11-9-15-44-38(30)27(4)53-7)22-43(5,6)24-54-42(52)33-12-10-16-49(47-33)41(51)34(21-37-45-35(28)23-55-37)46-40(50)29-18-25(2)17-26(3)19-29/h9,11,13-15,20,23,25-27,29,33-34,47H,8,10,12,16-19,21-22,24H2,1-7H3,(H,46,50)/t25-,26+,27-,29?,33-,34-/m0/s1. The predicted molar refractivity (Wildman–Crippen MR) is 215 cm³/mol. The van der Waals surface area contributed by atoms with Crippen LogP contribution in [0.4, 0.5) is 0 Å². The number of aryl methyl sites for hydroxylation is 1. The van der Waals surface area contributed by atoms with Gasteiger partial charge in [0.15, 0.2) is 0 Å². The van der Waals surface area contributed by atoms with Crippen LogP contribution in [0.2, 0.25) is 0 Å². The van der Waals surface area contributed by atoms with Crippen LogP contribution in [0.3, 0.4) is 0 Å². The van der Waals surface area contributed by atoms with Crippen LogP contribution in [-0.4, -0.2) is 69.7 Å². The molecule has 5 heterocycles. The smallest absolute Gasteiger partial charge is 0.324 e. The number of carbonyl (C=O) groups excluding carboxylic acids is 3. The number of amides is 2. The molecule has 3 aromatic heterocycles. The van der Waals surface area contributed by atoms with Gasteiger partial charge in [0.25, 0.3) is 5.91 Å². The largest absolute Gasteiger partial charge is 0.464 e. The summed E-state index contributed by atoms with van der Waals surface area (Å²) in [5.74, 6) is 0.0179. The van der Waals surface area contributed by atoms with E-state index in [9.17, 15) is 14.4 Å². The average molecular weight is 769 g/mol. The first kappa shape index (κ1) is 39.1. The number of nitrogens with one attached hydrogen (secondary N) is 2. The highest BCUT2D eigenvalue weighted by Gasteiger charge is 2.37. The summed E-state index contributed by atoms with van der Waals surface area (Å²) in [6.45, 7) is 14.2. The van der Waals surface area contributed by atoms with Crippen molar-refractivity contribution in [2.45, 2.75) is 111 Å². The van der Waals surface area contributed by atoms with E-state index >= 15 is 0 Å². The van der Waals surface area contributed by atoms with Gasteiger partial charge in [0.05, 0.1) is 34.8 Å². The normalized spacial score (nSPS) is 25.3. The van der Waals surface area contributed by atoms with Crippen LogP contribution >= 0.6 is 11.3 Å². The third-order valence-electron chi connectivity index (χ3n) is 11.7. The number of pyridine rings is 1. The van der Waals surface area contributed by atoms with Crippen molar-refractivity contribution in [3.63, 3.8) is 0 Å². The van der Waals surface area contributed by atoms with Crippen molar-refractivity contribution >= 4 is 40.0 Å². The van der Waals surface area contributed by atoms with Crippen molar-refractivity contribution in [2.75, 3.05) is 20.3 Å². The number of hydrogen-bond donors (Lipinski definition) is 2. The van der Waals surface area contributed by atoms with Crippen molar-refractivity contribution < 1.29 is 23.9 Å². The first-order chi connectivity index (χ1) is 26.3. The molecule has 11 nitrogen and oxygen atoms in total. The van der Waals surface area contributed by atoms with Crippen LogP contribution in [0.1, 0.15) is 96.0 Å². The molecule has 294 valence electrons. The van der Waals surface area contributed by atoms with E-state index in [-0.39, 0.29) is 42.8 Å². The van der Waals surface area contributed by atoms with Crippen molar-refractivity contribution in [1.29, 1.82) is 0 Å². The van der Waals surface area contributed by atoms with Crippen molar-refractivity contribution in [3.05, 3.63) is 58.2 Å². The molecule has 1 aromatic carbocycles. The molecule has 1 saturated heterocycles. The molecule has 2 N–H and O–H groups in total. The second kappa shape index (κ2) is 16.2. The molecule has 1 unspecified atom stereocenters. The first-order valence-electron chi connectivity index (χ1n) is 20.0. The Labute approximate surface area is 328 Å². The second-order valence-electron chi connectivity index (χ2n) is 16.9. The molecule has 6 bridgehead atoms. The molecule has 6 atom stereocenters. The summed E-state index contributed by atoms with van der Waals surface area (Å²) in [4.78, 5) is 51.7. The molecule has 7 rings (SSSR count). The number of aromatic nitrogens is 3. The fraction of sp³-hybridized carbons (Fsp3) is 0.558. The number of benzene rings is 1. The lowest BCUT2D eigenvalue weighted by Crippen LogP contribution is -2.61. The van der Waals surface area contributed by atoms with E-state index < -0.39 is 17.5 Å². The Morgan fingerprint density at radius 3 is 2.69 bits per heavy atom. The minimum absolute atomic E-state index is 0.0863. The van der Waals surface area contributed by atoms with E-state index in [0.29, 0.717) is 37.6 Å². The quantitative estimate of drug-likeness (QED) is 0.196. The highest BCUT2D eigenvalue weighted by molar-refractivity contribution is 7.10. The minimum Gasteiger partial charge on any atom is -0.464 e. The van der Waals surface area contributed by atoms with E-state index in [1.807, 2.05) is 24.6 Å². The maximum Gasteiger partial charge on any atom is 0.324 e. The van der Waals surface area contributed by atoms with E-state index in [1.54, 1.807) is 7.11 Å². The summed E-state index contributed by atoms with van der Waals surface area (Å²) in [5.41, 5.74) is 9.73. The Kier molecular flexibility index (Phi) is 11.5. The number of rotatable bonds is 6. The molecule has 2 fully saturated rings. The Balaban J connectivity index is 1.33. The Hall–Kier alpha value is -4.13. The van der Waals surface area contributed by atoms with E-state index in [0.717, 1.165) is 75.5 Å². The van der Waals surface area contributed by atoms with Crippen LogP contribution in [0, 0.1) is 23.2 Å². The van der Waals surface area contributed by atoms with Crippen molar-refractivity contribution in [3.8, 4) is 22.5 Å². The van der Waals surface area contributed by atoms with Gasteiger partial charge in [-0.1, -0.05) is 33.8 Å². The van der Waals surface area contributed by atoms with E-state index in [2.05, 4.69) is 74.2 Å². The van der Waals surface area contributed by atoms with Crippen molar-refractivity contribution in [2.24, 2.45) is 23.2 Å². The molecule has 0 radical (unpaired) electrons. The molecule has 3 aliphatic rings. The van der Waals surface area contributed by atoms with Gasteiger partial charge in [-0.05, 0) is 94.0 Å². The topological polar surface area (TPSA) is 128 Å². The lowest BCUT2D eigenvalue weighted by atomic mass is 9.76. The van der Waals surface area contributed by atoms with Crippen LogP contribution in [0.25, 0.3) is 33.4 Å². The number of hydrogen-bond acceptors (Lipinski definition) is 9. The summed E-state index contributed by atoms with van der Waals surface area (Å²) >= 11 is 1.50. The van der Waals surface area contributed by atoms with Gasteiger partial charge in [0.1, 0.15) is 12.1 Å². The maximum absolute atomic E-state index is 14.3. The number of methoxy groups -OCH3 is 1. The van der Waals surface area contributed by atoms with Crippen LogP contribution in [0.15, 0.2) is 41.9 Å². The lowest BCUT2D eigenvalue weighted by molar-refractivity contribution is -0.155. The fourth-order valence-electron chi connectivity index (χ4n) is 9.01. The summed E-state index contributed by atoms with van der Waals surface area (Å²) in [5, 5.41) is 8.57. The molecule has 55 heavy (non-hydrogen) atoms. The Morgan fingerprint density at radius 1 is 1.16 bits per heavy atom. The molecule has 4 aromatic rings. The number of cyclic esters (lactones) is 1.